The van der Waals surface area contributed by atoms with E-state index in [4.69, 9.17) is 4.74 Å². The first-order valence-electron chi connectivity index (χ1n) is 17.3. The molecule has 4 rings (SSSR count). The number of nitrogens with zero attached hydrogens (tertiary/aromatic N) is 3. The van der Waals surface area contributed by atoms with Crippen LogP contribution < -0.4 is 16.0 Å². The van der Waals surface area contributed by atoms with Crippen LogP contribution in [0.3, 0.4) is 0 Å². The van der Waals surface area contributed by atoms with Crippen molar-refractivity contribution in [3.63, 3.8) is 0 Å². The first-order chi connectivity index (χ1) is 24.5. The Morgan fingerprint density at radius 1 is 0.863 bits per heavy atom. The molecule has 0 fully saturated rings. The Bertz CT molecular complexity index is 1650. The zero-order chi connectivity index (χ0) is 36.8. The summed E-state index contributed by atoms with van der Waals surface area (Å²) in [5.41, 5.74) is 3.41. The summed E-state index contributed by atoms with van der Waals surface area (Å²) in [6.45, 7) is 8.24. The molecule has 2 aromatic heterocycles. The van der Waals surface area contributed by atoms with Gasteiger partial charge in [-0.2, -0.15) is 0 Å². The van der Waals surface area contributed by atoms with Gasteiger partial charge in [-0.3, -0.25) is 9.78 Å². The molecule has 0 radical (unpaired) electrons. The van der Waals surface area contributed by atoms with Crippen molar-refractivity contribution in [1.29, 1.82) is 0 Å². The third-order valence-corrected chi connectivity index (χ3v) is 9.59. The lowest BCUT2D eigenvalue weighted by Gasteiger charge is -2.30. The number of benzene rings is 2. The number of nitrogens with one attached hydrogen (secondary N) is 3. The van der Waals surface area contributed by atoms with Crippen LogP contribution in [0, 0.1) is 5.92 Å². The number of hydrogen-bond donors (Lipinski definition) is 4. The molecule has 1 unspecified atom stereocenters. The van der Waals surface area contributed by atoms with Gasteiger partial charge in [-0.15, -0.1) is 11.3 Å². The van der Waals surface area contributed by atoms with Crippen molar-refractivity contribution < 1.29 is 24.2 Å². The minimum absolute atomic E-state index is 0.0285. The minimum atomic E-state index is -1.06. The Hall–Kier alpha value is -4.81. The number of carbonyl (C=O) groups excluding carboxylic acids is 3. The third kappa shape index (κ3) is 12.8. The van der Waals surface area contributed by atoms with Crippen LogP contribution in [-0.2, 0) is 35.5 Å². The van der Waals surface area contributed by atoms with Crippen molar-refractivity contribution in [1.82, 2.24) is 30.8 Å². The van der Waals surface area contributed by atoms with E-state index in [0.29, 0.717) is 25.3 Å². The summed E-state index contributed by atoms with van der Waals surface area (Å²) >= 11 is 1.57. The van der Waals surface area contributed by atoms with E-state index in [1.807, 2.05) is 86.0 Å². The van der Waals surface area contributed by atoms with Crippen molar-refractivity contribution in [2.24, 2.45) is 5.92 Å². The fraction of sp³-hybridized carbons (Fsp3) is 0.410. The molecule has 4 N–H and O–H groups in total. The van der Waals surface area contributed by atoms with Crippen molar-refractivity contribution >= 4 is 29.4 Å². The predicted octanol–water partition coefficient (Wildman–Crippen LogP) is 5.84. The summed E-state index contributed by atoms with van der Waals surface area (Å²) < 4.78 is 5.46. The molecule has 2 heterocycles. The van der Waals surface area contributed by atoms with E-state index >= 15 is 0 Å². The summed E-state index contributed by atoms with van der Waals surface area (Å²) in [4.78, 5) is 50.3. The van der Waals surface area contributed by atoms with Crippen molar-refractivity contribution in [3.8, 4) is 0 Å². The van der Waals surface area contributed by atoms with Crippen molar-refractivity contribution in [2.75, 3.05) is 7.05 Å². The molecule has 4 atom stereocenters. The molecule has 0 aliphatic carbocycles. The number of aliphatic hydroxyl groups is 1. The first-order valence-corrected chi connectivity index (χ1v) is 18.2. The van der Waals surface area contributed by atoms with Gasteiger partial charge in [0.15, 0.2) is 0 Å². The fourth-order valence-electron chi connectivity index (χ4n) is 5.57. The fourth-order valence-corrected chi connectivity index (χ4v) is 6.39. The van der Waals surface area contributed by atoms with Gasteiger partial charge >= 0.3 is 12.1 Å². The molecular weight excluding hydrogens is 665 g/mol. The number of carbonyl (C=O) groups is 3. The highest BCUT2D eigenvalue weighted by atomic mass is 32.1. The second-order valence-electron chi connectivity index (χ2n) is 13.4. The molecule has 0 aliphatic heterocycles. The van der Waals surface area contributed by atoms with Crippen LogP contribution in [-0.4, -0.2) is 69.3 Å². The van der Waals surface area contributed by atoms with Gasteiger partial charge in [0.2, 0.25) is 5.91 Å². The number of aromatic nitrogens is 2. The lowest BCUT2D eigenvalue weighted by molar-refractivity contribution is -0.124. The number of rotatable bonds is 17. The molecule has 0 bridgehead atoms. The summed E-state index contributed by atoms with van der Waals surface area (Å²) in [5, 5.41) is 23.5. The predicted molar refractivity (Wildman–Crippen MR) is 199 cm³/mol. The highest BCUT2D eigenvalue weighted by Gasteiger charge is 2.31. The SMILES string of the molecule is CC(C)c1nc(CN(C)C(=O)NC(C(=O)N[C@@H](Cc2ccccc2)C[C@H](O)[C@H](Cc2ccccc2)NC(=O)OCc2cccnc2)C(C)C)cs1. The molecule has 4 amide bonds. The van der Waals surface area contributed by atoms with Crippen LogP contribution >= 0.6 is 11.3 Å². The molecule has 12 heteroatoms. The highest BCUT2D eigenvalue weighted by Crippen LogP contribution is 2.20. The maximum Gasteiger partial charge on any atom is 0.407 e. The summed E-state index contributed by atoms with van der Waals surface area (Å²) in [6, 6.07) is 20.3. The molecule has 2 aromatic carbocycles. The van der Waals surface area contributed by atoms with E-state index in [1.165, 1.54) is 4.90 Å². The quantitative estimate of drug-likeness (QED) is 0.108. The smallest absolute Gasteiger partial charge is 0.407 e. The van der Waals surface area contributed by atoms with E-state index in [9.17, 15) is 19.5 Å². The molecule has 11 nitrogen and oxygen atoms in total. The van der Waals surface area contributed by atoms with Gasteiger partial charge in [-0.25, -0.2) is 14.6 Å². The maximum atomic E-state index is 13.9. The number of amides is 4. The number of ether oxygens (including phenoxy) is 1. The summed E-state index contributed by atoms with van der Waals surface area (Å²) in [5.74, 6) is -0.285. The van der Waals surface area contributed by atoms with Gasteiger partial charge < -0.3 is 30.7 Å². The molecule has 0 aliphatic rings. The van der Waals surface area contributed by atoms with Gasteiger partial charge in [0, 0.05) is 42.3 Å². The van der Waals surface area contributed by atoms with Gasteiger partial charge in [0.05, 0.1) is 29.4 Å². The number of alkyl carbamates (subject to hydrolysis) is 1. The van der Waals surface area contributed by atoms with Crippen LogP contribution in [0.25, 0.3) is 0 Å². The van der Waals surface area contributed by atoms with Gasteiger partial charge in [-0.05, 0) is 42.4 Å². The highest BCUT2D eigenvalue weighted by molar-refractivity contribution is 7.09. The zero-order valence-corrected chi connectivity index (χ0v) is 30.8. The van der Waals surface area contributed by atoms with E-state index in [-0.39, 0.29) is 30.9 Å². The standard InChI is InChI=1S/C39H50N6O5S/c1-26(2)35(44-38(48)45(5)23-32-25-51-37(42-32)27(3)4)36(47)41-31(19-28-13-8-6-9-14-28)21-34(46)33(20-29-15-10-7-11-16-29)43-39(49)50-24-30-17-12-18-40-22-30/h6-18,22,25-27,31,33-35,46H,19-21,23-24H2,1-5H3,(H,41,47)(H,43,49)(H,44,48)/t31-,33-,34-,35?/m0/s1. The minimum Gasteiger partial charge on any atom is -0.445 e. The number of aliphatic hydroxyl groups excluding tert-OH is 1. The summed E-state index contributed by atoms with van der Waals surface area (Å²) in [7, 11) is 1.68. The number of pyridine rings is 1. The van der Waals surface area contributed by atoms with E-state index in [2.05, 4.69) is 39.8 Å². The normalized spacial score (nSPS) is 13.6. The van der Waals surface area contributed by atoms with Crippen LogP contribution in [0.4, 0.5) is 9.59 Å². The van der Waals surface area contributed by atoms with Crippen LogP contribution in [0.1, 0.15) is 67.4 Å². The number of hydrogen-bond acceptors (Lipinski definition) is 8. The molecule has 4 aromatic rings. The maximum absolute atomic E-state index is 13.9. The largest absolute Gasteiger partial charge is 0.445 e. The molecule has 272 valence electrons. The number of urea groups is 1. The topological polar surface area (TPSA) is 146 Å². The zero-order valence-electron chi connectivity index (χ0n) is 30.0. The molecule has 0 saturated heterocycles. The average Bonchev–Trinajstić information content (AvgIpc) is 3.59. The molecule has 0 spiro atoms. The molecule has 51 heavy (non-hydrogen) atoms. The molecular formula is C39H50N6O5S. The Balaban J connectivity index is 1.47. The Labute approximate surface area is 304 Å². The van der Waals surface area contributed by atoms with Gasteiger partial charge in [0.1, 0.15) is 12.6 Å². The second kappa shape index (κ2) is 19.5. The lowest BCUT2D eigenvalue weighted by atomic mass is 9.93. The summed E-state index contributed by atoms with van der Waals surface area (Å²) in [6.07, 6.45) is 2.42. The third-order valence-electron chi connectivity index (χ3n) is 8.39. The van der Waals surface area contributed by atoms with Crippen LogP contribution in [0.15, 0.2) is 90.6 Å². The van der Waals surface area contributed by atoms with Crippen LogP contribution in [0.5, 0.6) is 0 Å². The Kier molecular flexibility index (Phi) is 14.9. The van der Waals surface area contributed by atoms with Crippen molar-refractivity contribution in [2.45, 2.75) is 90.3 Å². The van der Waals surface area contributed by atoms with E-state index < -0.39 is 30.3 Å². The lowest BCUT2D eigenvalue weighted by Crippen LogP contribution is -2.55. The van der Waals surface area contributed by atoms with E-state index in [1.54, 1.807) is 36.8 Å². The Morgan fingerprint density at radius 2 is 1.51 bits per heavy atom. The van der Waals surface area contributed by atoms with Crippen molar-refractivity contribution in [3.05, 3.63) is 118 Å². The van der Waals surface area contributed by atoms with Crippen LogP contribution in [0.2, 0.25) is 0 Å². The van der Waals surface area contributed by atoms with E-state index in [0.717, 1.165) is 27.4 Å². The van der Waals surface area contributed by atoms with Gasteiger partial charge in [-0.1, -0.05) is 94.4 Å². The second-order valence-corrected chi connectivity index (χ2v) is 14.3. The monoisotopic (exact) mass is 714 g/mol. The van der Waals surface area contributed by atoms with Gasteiger partial charge in [0.25, 0.3) is 0 Å². The first kappa shape index (κ1) is 39.0. The Morgan fingerprint density at radius 3 is 2.10 bits per heavy atom. The average molecular weight is 715 g/mol. The molecule has 0 saturated carbocycles. The number of thiazole rings is 1.